The highest BCUT2D eigenvalue weighted by Crippen LogP contribution is 2.11. The number of carbonyl (C=O) groups is 1. The van der Waals surface area contributed by atoms with Gasteiger partial charge in [-0.3, -0.25) is 4.18 Å². The molecule has 1 amide bonds. The molecule has 0 saturated carbocycles. The van der Waals surface area contributed by atoms with Crippen molar-refractivity contribution in [2.45, 2.75) is 39.7 Å². The lowest BCUT2D eigenvalue weighted by Crippen LogP contribution is -2.36. The summed E-state index contributed by atoms with van der Waals surface area (Å²) in [5.74, 6) is 0.124. The van der Waals surface area contributed by atoms with Crippen LogP contribution in [0.25, 0.3) is 0 Å². The van der Waals surface area contributed by atoms with Gasteiger partial charge < -0.3 is 9.64 Å². The average Bonchev–Trinajstić information content (AvgIpc) is 2.12. The van der Waals surface area contributed by atoms with Crippen molar-refractivity contribution < 1.29 is 22.1 Å². The maximum Gasteiger partial charge on any atom is 0.410 e. The molecule has 114 valence electrons. The second-order valence-corrected chi connectivity index (χ2v) is 7.42. The van der Waals surface area contributed by atoms with E-state index in [4.69, 9.17) is 4.74 Å². The van der Waals surface area contributed by atoms with Gasteiger partial charge >= 0.3 is 6.09 Å². The molecule has 0 saturated heterocycles. The van der Waals surface area contributed by atoms with Gasteiger partial charge in [0, 0.05) is 13.6 Å². The molecule has 7 heteroatoms. The quantitative estimate of drug-likeness (QED) is 0.699. The molecule has 0 unspecified atom stereocenters. The molecule has 1 atom stereocenters. The third-order valence-corrected chi connectivity index (χ3v) is 2.79. The zero-order valence-corrected chi connectivity index (χ0v) is 13.4. The minimum Gasteiger partial charge on any atom is -0.444 e. The molecule has 0 N–H and O–H groups in total. The van der Waals surface area contributed by atoms with E-state index >= 15 is 0 Å². The van der Waals surface area contributed by atoms with Crippen LogP contribution in [0.1, 0.15) is 34.1 Å². The third kappa shape index (κ3) is 10.8. The highest BCUT2D eigenvalue weighted by molar-refractivity contribution is 7.85. The lowest BCUT2D eigenvalue weighted by molar-refractivity contribution is 0.0271. The Morgan fingerprint density at radius 2 is 1.84 bits per heavy atom. The lowest BCUT2D eigenvalue weighted by atomic mass is 10.1. The smallest absolute Gasteiger partial charge is 0.410 e. The summed E-state index contributed by atoms with van der Waals surface area (Å²) >= 11 is 0. The van der Waals surface area contributed by atoms with Crippen LogP contribution in [0, 0.1) is 5.92 Å². The number of carbonyl (C=O) groups excluding carboxylic acids is 1. The van der Waals surface area contributed by atoms with E-state index in [2.05, 4.69) is 4.18 Å². The molecule has 0 aromatic heterocycles. The van der Waals surface area contributed by atoms with Crippen molar-refractivity contribution >= 4 is 16.2 Å². The van der Waals surface area contributed by atoms with Crippen LogP contribution in [-0.2, 0) is 19.0 Å². The number of hydrogen-bond acceptors (Lipinski definition) is 5. The van der Waals surface area contributed by atoms with E-state index in [0.717, 1.165) is 6.26 Å². The zero-order valence-electron chi connectivity index (χ0n) is 12.6. The van der Waals surface area contributed by atoms with E-state index in [-0.39, 0.29) is 18.6 Å². The van der Waals surface area contributed by atoms with E-state index in [1.54, 1.807) is 7.05 Å². The lowest BCUT2D eigenvalue weighted by Gasteiger charge is -2.26. The first kappa shape index (κ1) is 18.2. The maximum absolute atomic E-state index is 11.7. The Balaban J connectivity index is 4.05. The SMILES string of the molecule is C[C@H](CCOS(C)(=O)=O)CN(C)C(=O)OC(C)(C)C. The van der Waals surface area contributed by atoms with Crippen LogP contribution in [-0.4, -0.2) is 51.5 Å². The van der Waals surface area contributed by atoms with Gasteiger partial charge in [-0.2, -0.15) is 8.42 Å². The Morgan fingerprint density at radius 3 is 2.26 bits per heavy atom. The second kappa shape index (κ2) is 7.09. The molecule has 0 aliphatic carbocycles. The molecule has 19 heavy (non-hydrogen) atoms. The molecule has 0 aliphatic rings. The number of amides is 1. The number of hydrogen-bond donors (Lipinski definition) is 0. The normalized spacial score (nSPS) is 14.0. The molecule has 0 fully saturated rings. The van der Waals surface area contributed by atoms with Crippen LogP contribution < -0.4 is 0 Å². The van der Waals surface area contributed by atoms with Crippen LogP contribution in [0.15, 0.2) is 0 Å². The molecular weight excluding hydrogens is 270 g/mol. The van der Waals surface area contributed by atoms with Gasteiger partial charge in [-0.15, -0.1) is 0 Å². The molecule has 0 aromatic carbocycles. The van der Waals surface area contributed by atoms with Crippen molar-refractivity contribution in [1.29, 1.82) is 0 Å². The number of rotatable bonds is 6. The average molecular weight is 295 g/mol. The molecule has 0 spiro atoms. The van der Waals surface area contributed by atoms with E-state index in [9.17, 15) is 13.2 Å². The fourth-order valence-electron chi connectivity index (χ4n) is 1.37. The first-order chi connectivity index (χ1) is 8.41. The largest absolute Gasteiger partial charge is 0.444 e. The van der Waals surface area contributed by atoms with E-state index in [0.29, 0.717) is 13.0 Å². The van der Waals surface area contributed by atoms with E-state index in [1.165, 1.54) is 4.90 Å². The minimum absolute atomic E-state index is 0.124. The fraction of sp³-hybridized carbons (Fsp3) is 0.917. The van der Waals surface area contributed by atoms with Crippen molar-refractivity contribution in [3.05, 3.63) is 0 Å². The van der Waals surface area contributed by atoms with Gasteiger partial charge in [0.1, 0.15) is 5.60 Å². The zero-order chi connectivity index (χ0) is 15.3. The van der Waals surface area contributed by atoms with Crippen LogP contribution in [0.2, 0.25) is 0 Å². The highest BCUT2D eigenvalue weighted by Gasteiger charge is 2.20. The Bertz CT molecular complexity index is 385. The Kier molecular flexibility index (Phi) is 6.79. The molecule has 0 heterocycles. The molecule has 6 nitrogen and oxygen atoms in total. The molecule has 0 radical (unpaired) electrons. The first-order valence-corrected chi connectivity index (χ1v) is 8.01. The molecule has 0 aliphatic heterocycles. The first-order valence-electron chi connectivity index (χ1n) is 6.19. The maximum atomic E-state index is 11.7. The van der Waals surface area contributed by atoms with Crippen molar-refractivity contribution in [3.8, 4) is 0 Å². The highest BCUT2D eigenvalue weighted by atomic mass is 32.2. The van der Waals surface area contributed by atoms with Crippen LogP contribution >= 0.6 is 0 Å². The van der Waals surface area contributed by atoms with Crippen LogP contribution in [0.4, 0.5) is 4.79 Å². The Hall–Kier alpha value is -0.820. The third-order valence-electron chi connectivity index (χ3n) is 2.20. The summed E-state index contributed by atoms with van der Waals surface area (Å²) in [7, 11) is -1.74. The predicted molar refractivity (Wildman–Crippen MR) is 73.4 cm³/mol. The summed E-state index contributed by atoms with van der Waals surface area (Å²) in [6.45, 7) is 7.96. The number of nitrogens with zero attached hydrogens (tertiary/aromatic N) is 1. The standard InChI is InChI=1S/C12H25NO5S/c1-10(7-8-17-19(6,15)16)9-13(5)11(14)18-12(2,3)4/h10H,7-9H2,1-6H3/t10-/m1/s1. The summed E-state index contributed by atoms with van der Waals surface area (Å²) in [4.78, 5) is 13.2. The van der Waals surface area contributed by atoms with Crippen LogP contribution in [0.5, 0.6) is 0 Å². The van der Waals surface area contributed by atoms with Gasteiger partial charge in [0.15, 0.2) is 0 Å². The van der Waals surface area contributed by atoms with Gasteiger partial charge in [0.25, 0.3) is 10.1 Å². The van der Waals surface area contributed by atoms with Gasteiger partial charge in [-0.25, -0.2) is 4.79 Å². The summed E-state index contributed by atoms with van der Waals surface area (Å²) < 4.78 is 31.5. The second-order valence-electron chi connectivity index (χ2n) is 5.78. The van der Waals surface area contributed by atoms with Gasteiger partial charge in [-0.1, -0.05) is 6.92 Å². The van der Waals surface area contributed by atoms with E-state index < -0.39 is 15.7 Å². The molecular formula is C12H25NO5S. The van der Waals surface area contributed by atoms with Crippen molar-refractivity contribution in [1.82, 2.24) is 4.90 Å². The number of ether oxygens (including phenoxy) is 1. The minimum atomic E-state index is -3.39. The summed E-state index contributed by atoms with van der Waals surface area (Å²) in [5.41, 5.74) is -0.520. The van der Waals surface area contributed by atoms with Crippen LogP contribution in [0.3, 0.4) is 0 Å². The van der Waals surface area contributed by atoms with Gasteiger partial charge in [-0.05, 0) is 33.1 Å². The fourth-order valence-corrected chi connectivity index (χ4v) is 1.77. The molecule has 0 rings (SSSR count). The van der Waals surface area contributed by atoms with Crippen molar-refractivity contribution in [3.63, 3.8) is 0 Å². The monoisotopic (exact) mass is 295 g/mol. The predicted octanol–water partition coefficient (Wildman–Crippen LogP) is 1.86. The summed E-state index contributed by atoms with van der Waals surface area (Å²) in [6, 6.07) is 0. The topological polar surface area (TPSA) is 72.9 Å². The summed E-state index contributed by atoms with van der Waals surface area (Å²) in [5, 5.41) is 0. The van der Waals surface area contributed by atoms with Crippen molar-refractivity contribution in [2.24, 2.45) is 5.92 Å². The Labute approximate surface area is 116 Å². The van der Waals surface area contributed by atoms with Crippen molar-refractivity contribution in [2.75, 3.05) is 26.5 Å². The molecule has 0 bridgehead atoms. The summed E-state index contributed by atoms with van der Waals surface area (Å²) in [6.07, 6.45) is 1.19. The van der Waals surface area contributed by atoms with E-state index in [1.807, 2.05) is 27.7 Å². The van der Waals surface area contributed by atoms with Gasteiger partial charge in [0.2, 0.25) is 0 Å². The van der Waals surface area contributed by atoms with Gasteiger partial charge in [0.05, 0.1) is 12.9 Å². The Morgan fingerprint density at radius 1 is 1.32 bits per heavy atom. The molecule has 0 aromatic rings.